The zero-order valence-electron chi connectivity index (χ0n) is 7.63. The van der Waals surface area contributed by atoms with E-state index in [9.17, 15) is 9.59 Å². The van der Waals surface area contributed by atoms with Crippen molar-refractivity contribution in [2.24, 2.45) is 5.41 Å². The normalized spacial score (nSPS) is 11.9. The highest BCUT2D eigenvalue weighted by Gasteiger charge is 2.09. The summed E-state index contributed by atoms with van der Waals surface area (Å²) < 4.78 is 0. The van der Waals surface area contributed by atoms with Crippen molar-refractivity contribution in [3.05, 3.63) is 12.2 Å². The topological polar surface area (TPSA) is 54.4 Å². The fraction of sp³-hybridized carbons (Fsp3) is 0.556. The second-order valence-electron chi connectivity index (χ2n) is 3.84. The summed E-state index contributed by atoms with van der Waals surface area (Å²) in [6.45, 7) is 6.05. The number of rotatable bonds is 3. The lowest BCUT2D eigenvalue weighted by molar-refractivity contribution is -0.146. The average Bonchev–Trinajstić information content (AvgIpc) is 1.84. The van der Waals surface area contributed by atoms with Crippen LogP contribution in [0, 0.1) is 5.41 Å². The predicted octanol–water partition coefficient (Wildman–Crippen LogP) is 1.63. The summed E-state index contributed by atoms with van der Waals surface area (Å²) in [5, 5.41) is 8.21. The van der Waals surface area contributed by atoms with E-state index in [1.54, 1.807) is 6.08 Å². The number of ketones is 1. The molecular formula is C9H14O3. The van der Waals surface area contributed by atoms with Gasteiger partial charge in [0.1, 0.15) is 0 Å². The molecule has 0 saturated carbocycles. The van der Waals surface area contributed by atoms with Gasteiger partial charge < -0.3 is 5.11 Å². The fourth-order valence-electron chi connectivity index (χ4n) is 0.591. The number of allylic oxidation sites excluding steroid dienone is 1. The molecule has 0 aliphatic heterocycles. The van der Waals surface area contributed by atoms with E-state index in [-0.39, 0.29) is 5.41 Å². The minimum absolute atomic E-state index is 0.0925. The third-order valence-corrected chi connectivity index (χ3v) is 1.21. The van der Waals surface area contributed by atoms with Gasteiger partial charge in [0, 0.05) is 0 Å². The van der Waals surface area contributed by atoms with E-state index in [4.69, 9.17) is 5.11 Å². The molecule has 0 bridgehead atoms. The van der Waals surface area contributed by atoms with Gasteiger partial charge in [0.2, 0.25) is 0 Å². The first kappa shape index (κ1) is 10.9. The lowest BCUT2D eigenvalue weighted by Crippen LogP contribution is -2.09. The van der Waals surface area contributed by atoms with Gasteiger partial charge in [-0.05, 0) is 17.9 Å². The van der Waals surface area contributed by atoms with E-state index in [0.29, 0.717) is 6.42 Å². The van der Waals surface area contributed by atoms with Gasteiger partial charge in [0.15, 0.2) is 0 Å². The summed E-state index contributed by atoms with van der Waals surface area (Å²) in [4.78, 5) is 20.6. The molecule has 0 atom stereocenters. The molecule has 0 fully saturated rings. The van der Waals surface area contributed by atoms with Gasteiger partial charge in [-0.2, -0.15) is 0 Å². The Kier molecular flexibility index (Phi) is 3.67. The minimum Gasteiger partial charge on any atom is -0.475 e. The lowest BCUT2D eigenvalue weighted by Gasteiger charge is -2.13. The molecule has 0 heterocycles. The van der Waals surface area contributed by atoms with Crippen LogP contribution >= 0.6 is 0 Å². The van der Waals surface area contributed by atoms with Crippen molar-refractivity contribution in [1.82, 2.24) is 0 Å². The molecule has 68 valence electrons. The first-order valence-corrected chi connectivity index (χ1v) is 3.77. The van der Waals surface area contributed by atoms with Crippen LogP contribution in [0.25, 0.3) is 0 Å². The van der Waals surface area contributed by atoms with Gasteiger partial charge in [0.05, 0.1) is 0 Å². The number of carboxylic acids is 1. The van der Waals surface area contributed by atoms with Crippen molar-refractivity contribution in [3.63, 3.8) is 0 Å². The van der Waals surface area contributed by atoms with Crippen LogP contribution in [-0.4, -0.2) is 16.9 Å². The van der Waals surface area contributed by atoms with Gasteiger partial charge in [-0.15, -0.1) is 0 Å². The Hall–Kier alpha value is -1.12. The number of hydrogen-bond acceptors (Lipinski definition) is 2. The quantitative estimate of drug-likeness (QED) is 0.517. The van der Waals surface area contributed by atoms with E-state index in [0.717, 1.165) is 6.08 Å². The Morgan fingerprint density at radius 2 is 1.83 bits per heavy atom. The third-order valence-electron chi connectivity index (χ3n) is 1.21. The average molecular weight is 170 g/mol. The maximum Gasteiger partial charge on any atom is 0.376 e. The SMILES string of the molecule is CC(C)(C)CC=CC(=O)C(=O)O. The second kappa shape index (κ2) is 4.04. The molecular weight excluding hydrogens is 156 g/mol. The Bertz CT molecular complexity index is 208. The Balaban J connectivity index is 3.94. The zero-order valence-corrected chi connectivity index (χ0v) is 7.63. The molecule has 12 heavy (non-hydrogen) atoms. The van der Waals surface area contributed by atoms with E-state index < -0.39 is 11.8 Å². The molecule has 0 rings (SSSR count). The monoisotopic (exact) mass is 170 g/mol. The van der Waals surface area contributed by atoms with Crippen molar-refractivity contribution in [2.45, 2.75) is 27.2 Å². The van der Waals surface area contributed by atoms with E-state index in [1.807, 2.05) is 20.8 Å². The van der Waals surface area contributed by atoms with Gasteiger partial charge in [-0.1, -0.05) is 26.8 Å². The number of hydrogen-bond donors (Lipinski definition) is 1. The van der Waals surface area contributed by atoms with Crippen molar-refractivity contribution >= 4 is 11.8 Å². The van der Waals surface area contributed by atoms with Crippen molar-refractivity contribution < 1.29 is 14.7 Å². The summed E-state index contributed by atoms with van der Waals surface area (Å²) in [5.41, 5.74) is 0.0925. The fourth-order valence-corrected chi connectivity index (χ4v) is 0.591. The van der Waals surface area contributed by atoms with Crippen molar-refractivity contribution in [3.8, 4) is 0 Å². The molecule has 0 unspecified atom stereocenters. The molecule has 1 N–H and O–H groups in total. The lowest BCUT2D eigenvalue weighted by atomic mass is 9.92. The molecule has 3 heteroatoms. The van der Waals surface area contributed by atoms with Crippen LogP contribution in [0.3, 0.4) is 0 Å². The van der Waals surface area contributed by atoms with Crippen LogP contribution < -0.4 is 0 Å². The van der Waals surface area contributed by atoms with Gasteiger partial charge in [0.25, 0.3) is 5.78 Å². The Morgan fingerprint density at radius 1 is 1.33 bits per heavy atom. The van der Waals surface area contributed by atoms with E-state index >= 15 is 0 Å². The molecule has 0 amide bonds. The Morgan fingerprint density at radius 3 is 2.17 bits per heavy atom. The van der Waals surface area contributed by atoms with Crippen LogP contribution in [0.2, 0.25) is 0 Å². The first-order chi connectivity index (χ1) is 5.33. The van der Waals surface area contributed by atoms with Crippen LogP contribution in [0.5, 0.6) is 0 Å². The number of carbonyl (C=O) groups excluding carboxylic acids is 1. The molecule has 3 nitrogen and oxygen atoms in total. The maximum atomic E-state index is 10.5. The van der Waals surface area contributed by atoms with Crippen LogP contribution in [-0.2, 0) is 9.59 Å². The summed E-state index contributed by atoms with van der Waals surface area (Å²) >= 11 is 0. The third kappa shape index (κ3) is 5.65. The van der Waals surface area contributed by atoms with E-state index in [2.05, 4.69) is 0 Å². The number of aliphatic carboxylic acids is 1. The highest BCUT2D eigenvalue weighted by Crippen LogP contribution is 2.18. The van der Waals surface area contributed by atoms with Gasteiger partial charge in [-0.3, -0.25) is 4.79 Å². The maximum absolute atomic E-state index is 10.5. The first-order valence-electron chi connectivity index (χ1n) is 3.77. The summed E-state index contributed by atoms with van der Waals surface area (Å²) in [7, 11) is 0. The molecule has 0 aliphatic rings. The number of carbonyl (C=O) groups is 2. The molecule has 0 aromatic heterocycles. The summed E-state index contributed by atoms with van der Waals surface area (Å²) in [6.07, 6.45) is 3.40. The largest absolute Gasteiger partial charge is 0.475 e. The second-order valence-corrected chi connectivity index (χ2v) is 3.84. The highest BCUT2D eigenvalue weighted by molar-refractivity contribution is 6.37. The highest BCUT2D eigenvalue weighted by atomic mass is 16.4. The van der Waals surface area contributed by atoms with Gasteiger partial charge >= 0.3 is 5.97 Å². The van der Waals surface area contributed by atoms with Crippen molar-refractivity contribution in [1.29, 1.82) is 0 Å². The summed E-state index contributed by atoms with van der Waals surface area (Å²) in [6, 6.07) is 0. The number of carboxylic acid groups (broad SMARTS) is 1. The molecule has 0 spiro atoms. The molecule has 0 aliphatic carbocycles. The minimum atomic E-state index is -1.40. The van der Waals surface area contributed by atoms with Crippen LogP contribution in [0.15, 0.2) is 12.2 Å². The smallest absolute Gasteiger partial charge is 0.376 e. The van der Waals surface area contributed by atoms with Crippen LogP contribution in [0.4, 0.5) is 0 Å². The standard InChI is InChI=1S/C9H14O3/c1-9(2,3)6-4-5-7(10)8(11)12/h4-5H,6H2,1-3H3,(H,11,12). The summed E-state index contributed by atoms with van der Waals surface area (Å²) in [5.74, 6) is -2.26. The zero-order chi connectivity index (χ0) is 9.78. The molecule has 0 aromatic rings. The molecule has 0 radical (unpaired) electrons. The molecule has 0 saturated heterocycles. The van der Waals surface area contributed by atoms with E-state index in [1.165, 1.54) is 0 Å². The van der Waals surface area contributed by atoms with Gasteiger partial charge in [-0.25, -0.2) is 4.79 Å². The van der Waals surface area contributed by atoms with Crippen LogP contribution in [0.1, 0.15) is 27.2 Å². The Labute approximate surface area is 72.1 Å². The van der Waals surface area contributed by atoms with Crippen molar-refractivity contribution in [2.75, 3.05) is 0 Å². The molecule has 0 aromatic carbocycles. The predicted molar refractivity (Wildman–Crippen MR) is 45.9 cm³/mol.